The second-order valence-corrected chi connectivity index (χ2v) is 4.04. The Morgan fingerprint density at radius 3 is 2.69 bits per heavy atom. The van der Waals surface area contributed by atoms with Gasteiger partial charge in [0, 0.05) is 13.2 Å². The fraction of sp³-hybridized carbons (Fsp3) is 0.308. The number of aryl methyl sites for hydroxylation is 3. The molecule has 0 amide bonds. The van der Waals surface area contributed by atoms with Gasteiger partial charge in [0.15, 0.2) is 0 Å². The Balaban J connectivity index is 2.04. The van der Waals surface area contributed by atoms with Crippen molar-refractivity contribution in [1.82, 2.24) is 9.78 Å². The van der Waals surface area contributed by atoms with Gasteiger partial charge in [0.2, 0.25) is 0 Å². The summed E-state index contributed by atoms with van der Waals surface area (Å²) in [7, 11) is 1.90. The van der Waals surface area contributed by atoms with Crippen LogP contribution in [0.4, 0.5) is 0 Å². The highest BCUT2D eigenvalue weighted by Gasteiger charge is 2.01. The molecule has 0 bridgehead atoms. The third-order valence-corrected chi connectivity index (χ3v) is 2.47. The highest BCUT2D eigenvalue weighted by atomic mass is 16.5. The lowest BCUT2D eigenvalue weighted by atomic mass is 10.1. The normalized spacial score (nSPS) is 10.4. The van der Waals surface area contributed by atoms with Crippen LogP contribution in [0.5, 0.6) is 5.75 Å². The molecule has 0 aliphatic rings. The van der Waals surface area contributed by atoms with Crippen molar-refractivity contribution in [1.29, 1.82) is 0 Å². The van der Waals surface area contributed by atoms with Gasteiger partial charge in [-0.1, -0.05) is 17.7 Å². The van der Waals surface area contributed by atoms with Crippen molar-refractivity contribution in [3.05, 3.63) is 47.3 Å². The highest BCUT2D eigenvalue weighted by molar-refractivity contribution is 5.35. The van der Waals surface area contributed by atoms with Crippen molar-refractivity contribution in [2.24, 2.45) is 7.05 Å². The lowest BCUT2D eigenvalue weighted by Crippen LogP contribution is -1.99. The zero-order valence-corrected chi connectivity index (χ0v) is 9.90. The van der Waals surface area contributed by atoms with Crippen molar-refractivity contribution in [3.8, 4) is 5.75 Å². The van der Waals surface area contributed by atoms with Crippen molar-refractivity contribution in [2.75, 3.05) is 0 Å². The van der Waals surface area contributed by atoms with E-state index >= 15 is 0 Å². The van der Waals surface area contributed by atoms with Gasteiger partial charge in [-0.05, 0) is 31.5 Å². The van der Waals surface area contributed by atoms with Gasteiger partial charge in [0.25, 0.3) is 0 Å². The third kappa shape index (κ3) is 2.42. The monoisotopic (exact) mass is 216 g/mol. The Labute approximate surface area is 95.7 Å². The molecule has 16 heavy (non-hydrogen) atoms. The van der Waals surface area contributed by atoms with Gasteiger partial charge < -0.3 is 4.74 Å². The van der Waals surface area contributed by atoms with Crippen molar-refractivity contribution < 1.29 is 4.74 Å². The summed E-state index contributed by atoms with van der Waals surface area (Å²) in [5.41, 5.74) is 3.36. The molecule has 0 N–H and O–H groups in total. The minimum atomic E-state index is 0.519. The number of hydrogen-bond donors (Lipinski definition) is 0. The minimum Gasteiger partial charge on any atom is -0.487 e. The summed E-state index contributed by atoms with van der Waals surface area (Å²) >= 11 is 0. The summed E-state index contributed by atoms with van der Waals surface area (Å²) in [4.78, 5) is 0. The molecule has 0 spiro atoms. The number of hydrogen-bond acceptors (Lipinski definition) is 2. The maximum absolute atomic E-state index is 5.72. The van der Waals surface area contributed by atoms with Crippen LogP contribution >= 0.6 is 0 Å². The molecule has 84 valence electrons. The van der Waals surface area contributed by atoms with Gasteiger partial charge in [0.1, 0.15) is 12.4 Å². The predicted molar refractivity (Wildman–Crippen MR) is 63.5 cm³/mol. The summed E-state index contributed by atoms with van der Waals surface area (Å²) in [6, 6.07) is 8.14. The SMILES string of the molecule is Cc1ccc(OCc2ccn(C)n2)c(C)c1. The molecule has 0 aliphatic carbocycles. The fourth-order valence-corrected chi connectivity index (χ4v) is 1.65. The molecule has 0 atom stereocenters. The maximum Gasteiger partial charge on any atom is 0.132 e. The molecule has 0 saturated heterocycles. The Morgan fingerprint density at radius 1 is 1.25 bits per heavy atom. The Morgan fingerprint density at radius 2 is 2.06 bits per heavy atom. The molecule has 3 nitrogen and oxygen atoms in total. The fourth-order valence-electron chi connectivity index (χ4n) is 1.65. The minimum absolute atomic E-state index is 0.519. The van der Waals surface area contributed by atoms with Crippen LogP contribution in [0.2, 0.25) is 0 Å². The summed E-state index contributed by atoms with van der Waals surface area (Å²) < 4.78 is 7.49. The van der Waals surface area contributed by atoms with Gasteiger partial charge in [0.05, 0.1) is 5.69 Å². The van der Waals surface area contributed by atoms with Gasteiger partial charge >= 0.3 is 0 Å². The zero-order valence-electron chi connectivity index (χ0n) is 9.90. The van der Waals surface area contributed by atoms with Crippen LogP contribution in [0.25, 0.3) is 0 Å². The first-order valence-corrected chi connectivity index (χ1v) is 5.34. The number of nitrogens with zero attached hydrogens (tertiary/aromatic N) is 2. The molecule has 0 aliphatic heterocycles. The quantitative estimate of drug-likeness (QED) is 0.788. The molecule has 0 fully saturated rings. The van der Waals surface area contributed by atoms with E-state index in [1.54, 1.807) is 4.68 Å². The standard InChI is InChI=1S/C13H16N2O/c1-10-4-5-13(11(2)8-10)16-9-12-6-7-15(3)14-12/h4-8H,9H2,1-3H3. The third-order valence-electron chi connectivity index (χ3n) is 2.47. The Kier molecular flexibility index (Phi) is 2.95. The Hall–Kier alpha value is -1.77. The van der Waals surface area contributed by atoms with Crippen molar-refractivity contribution in [2.45, 2.75) is 20.5 Å². The van der Waals surface area contributed by atoms with E-state index in [4.69, 9.17) is 4.74 Å². The van der Waals surface area contributed by atoms with E-state index in [-0.39, 0.29) is 0 Å². The molecular formula is C13H16N2O. The highest BCUT2D eigenvalue weighted by Crippen LogP contribution is 2.19. The smallest absolute Gasteiger partial charge is 0.132 e. The lowest BCUT2D eigenvalue weighted by Gasteiger charge is -2.08. The van der Waals surface area contributed by atoms with E-state index in [2.05, 4.69) is 31.1 Å². The molecule has 0 saturated carbocycles. The van der Waals surface area contributed by atoms with Gasteiger partial charge in [-0.25, -0.2) is 0 Å². The van der Waals surface area contributed by atoms with E-state index in [9.17, 15) is 0 Å². The molecule has 1 heterocycles. The van der Waals surface area contributed by atoms with Crippen molar-refractivity contribution >= 4 is 0 Å². The van der Waals surface area contributed by atoms with E-state index in [1.165, 1.54) is 5.56 Å². The summed E-state index contributed by atoms with van der Waals surface area (Å²) in [6.45, 7) is 4.65. The first-order chi connectivity index (χ1) is 7.65. The second-order valence-electron chi connectivity index (χ2n) is 4.04. The van der Waals surface area contributed by atoms with Gasteiger partial charge in [-0.15, -0.1) is 0 Å². The van der Waals surface area contributed by atoms with E-state index in [1.807, 2.05) is 25.4 Å². The number of rotatable bonds is 3. The van der Waals surface area contributed by atoms with E-state index in [0.29, 0.717) is 6.61 Å². The summed E-state index contributed by atoms with van der Waals surface area (Å²) in [6.07, 6.45) is 1.92. The zero-order chi connectivity index (χ0) is 11.5. The molecule has 2 aromatic rings. The molecule has 2 rings (SSSR count). The predicted octanol–water partition coefficient (Wildman–Crippen LogP) is 2.62. The summed E-state index contributed by atoms with van der Waals surface area (Å²) in [5.74, 6) is 0.927. The Bertz CT molecular complexity index is 488. The second kappa shape index (κ2) is 4.39. The maximum atomic E-state index is 5.72. The van der Waals surface area contributed by atoms with E-state index < -0.39 is 0 Å². The molecule has 0 radical (unpaired) electrons. The lowest BCUT2D eigenvalue weighted by molar-refractivity contribution is 0.298. The number of benzene rings is 1. The molecule has 3 heteroatoms. The van der Waals surface area contributed by atoms with Crippen LogP contribution in [0.1, 0.15) is 16.8 Å². The average Bonchev–Trinajstić information content (AvgIpc) is 2.63. The van der Waals surface area contributed by atoms with Gasteiger partial charge in [-0.2, -0.15) is 5.10 Å². The summed E-state index contributed by atoms with van der Waals surface area (Å²) in [5, 5.41) is 4.26. The largest absolute Gasteiger partial charge is 0.487 e. The van der Waals surface area contributed by atoms with Crippen molar-refractivity contribution in [3.63, 3.8) is 0 Å². The molecular weight excluding hydrogens is 200 g/mol. The number of ether oxygens (including phenoxy) is 1. The average molecular weight is 216 g/mol. The molecule has 1 aromatic carbocycles. The van der Waals surface area contributed by atoms with Crippen LogP contribution in [0, 0.1) is 13.8 Å². The van der Waals surface area contributed by atoms with Crippen LogP contribution in [0.3, 0.4) is 0 Å². The number of aromatic nitrogens is 2. The molecule has 0 unspecified atom stereocenters. The van der Waals surface area contributed by atoms with Crippen LogP contribution in [-0.2, 0) is 13.7 Å². The first-order valence-electron chi connectivity index (χ1n) is 5.34. The van der Waals surface area contributed by atoms with Crippen LogP contribution in [0.15, 0.2) is 30.5 Å². The first kappa shape index (κ1) is 10.7. The van der Waals surface area contributed by atoms with Crippen LogP contribution < -0.4 is 4.74 Å². The van der Waals surface area contributed by atoms with Crippen LogP contribution in [-0.4, -0.2) is 9.78 Å². The van der Waals surface area contributed by atoms with Gasteiger partial charge in [-0.3, -0.25) is 4.68 Å². The topological polar surface area (TPSA) is 27.1 Å². The van der Waals surface area contributed by atoms with E-state index in [0.717, 1.165) is 17.0 Å². The molecule has 1 aromatic heterocycles.